The Morgan fingerprint density at radius 1 is 1.50 bits per heavy atom. The van der Waals surface area contributed by atoms with Gasteiger partial charge in [-0.1, -0.05) is 18.2 Å². The topological polar surface area (TPSA) is 31.9 Å². The molecule has 0 radical (unpaired) electrons. The van der Waals surface area contributed by atoms with Crippen molar-refractivity contribution in [3.8, 4) is 0 Å². The fourth-order valence-electron chi connectivity index (χ4n) is 2.87. The van der Waals surface area contributed by atoms with Crippen molar-refractivity contribution in [3.63, 3.8) is 0 Å². The third kappa shape index (κ3) is 2.27. The maximum Gasteiger partial charge on any atom is 0.0695 e. The number of aromatic nitrogens is 2. The van der Waals surface area contributed by atoms with Crippen molar-refractivity contribution in [1.29, 1.82) is 0 Å². The van der Waals surface area contributed by atoms with Gasteiger partial charge in [0.15, 0.2) is 0 Å². The van der Waals surface area contributed by atoms with E-state index in [4.69, 9.17) is 0 Å². The van der Waals surface area contributed by atoms with Crippen LogP contribution in [0.15, 0.2) is 24.4 Å². The van der Waals surface area contributed by atoms with Crippen LogP contribution in [0.1, 0.15) is 18.4 Å². The number of thioether (sulfide) groups is 1. The van der Waals surface area contributed by atoms with E-state index in [9.17, 15) is 0 Å². The summed E-state index contributed by atoms with van der Waals surface area (Å²) in [7, 11) is 0. The predicted octanol–water partition coefficient (Wildman–Crippen LogP) is 2.89. The molecule has 1 atom stereocenters. The van der Waals surface area contributed by atoms with Crippen molar-refractivity contribution in [2.75, 3.05) is 18.6 Å². The molecule has 0 aliphatic carbocycles. The van der Waals surface area contributed by atoms with Gasteiger partial charge in [0, 0.05) is 23.7 Å². The van der Waals surface area contributed by atoms with Crippen LogP contribution >= 0.6 is 11.8 Å². The summed E-state index contributed by atoms with van der Waals surface area (Å²) >= 11 is 1.96. The highest BCUT2D eigenvalue weighted by Crippen LogP contribution is 2.24. The standard InChI is InChI=1S/C14H19N3S/c1-18-10-13-6-3-7-17(13)9-12-5-2-4-11-8-15-16-14(11)12/h2,4-5,8,13H,3,6-7,9-10H2,1H3,(H,15,16). The number of rotatable bonds is 4. The highest BCUT2D eigenvalue weighted by Gasteiger charge is 2.24. The first-order valence-electron chi connectivity index (χ1n) is 6.52. The fourth-order valence-corrected chi connectivity index (χ4v) is 3.63. The fraction of sp³-hybridized carbons (Fsp3) is 0.500. The molecule has 0 spiro atoms. The molecular weight excluding hydrogens is 242 g/mol. The average molecular weight is 261 g/mol. The van der Waals surface area contributed by atoms with Crippen LogP contribution in [0.2, 0.25) is 0 Å². The molecule has 2 aromatic rings. The molecule has 1 unspecified atom stereocenters. The van der Waals surface area contributed by atoms with Gasteiger partial charge in [0.25, 0.3) is 0 Å². The monoisotopic (exact) mass is 261 g/mol. The Morgan fingerprint density at radius 2 is 2.44 bits per heavy atom. The highest BCUT2D eigenvalue weighted by molar-refractivity contribution is 7.98. The summed E-state index contributed by atoms with van der Waals surface area (Å²) in [6.07, 6.45) is 6.79. The minimum absolute atomic E-state index is 0.748. The number of fused-ring (bicyclic) bond motifs is 1. The van der Waals surface area contributed by atoms with Gasteiger partial charge in [-0.15, -0.1) is 0 Å². The van der Waals surface area contributed by atoms with E-state index in [0.717, 1.165) is 12.6 Å². The zero-order valence-electron chi connectivity index (χ0n) is 10.7. The molecule has 96 valence electrons. The molecule has 1 aliphatic rings. The summed E-state index contributed by atoms with van der Waals surface area (Å²) in [5, 5.41) is 8.49. The normalized spacial score (nSPS) is 20.8. The van der Waals surface area contributed by atoms with Gasteiger partial charge >= 0.3 is 0 Å². The molecule has 3 nitrogen and oxygen atoms in total. The lowest BCUT2D eigenvalue weighted by Crippen LogP contribution is -2.30. The quantitative estimate of drug-likeness (QED) is 0.918. The lowest BCUT2D eigenvalue weighted by atomic mass is 10.1. The Morgan fingerprint density at radius 3 is 3.33 bits per heavy atom. The number of H-pyrrole nitrogens is 1. The first kappa shape index (κ1) is 12.1. The first-order valence-corrected chi connectivity index (χ1v) is 7.92. The summed E-state index contributed by atoms with van der Waals surface area (Å²) in [4.78, 5) is 2.62. The van der Waals surface area contributed by atoms with Crippen molar-refractivity contribution in [3.05, 3.63) is 30.0 Å². The van der Waals surface area contributed by atoms with Gasteiger partial charge in [-0.3, -0.25) is 10.00 Å². The van der Waals surface area contributed by atoms with Gasteiger partial charge in [-0.05, 0) is 31.2 Å². The number of aromatic amines is 1. The number of nitrogens with one attached hydrogen (secondary N) is 1. The van der Waals surface area contributed by atoms with Gasteiger partial charge in [0.2, 0.25) is 0 Å². The molecule has 1 aromatic carbocycles. The van der Waals surface area contributed by atoms with Crippen molar-refractivity contribution < 1.29 is 0 Å². The van der Waals surface area contributed by atoms with Crippen LogP contribution in [0.4, 0.5) is 0 Å². The van der Waals surface area contributed by atoms with Crippen LogP contribution in [-0.2, 0) is 6.54 Å². The lowest BCUT2D eigenvalue weighted by Gasteiger charge is -2.24. The van der Waals surface area contributed by atoms with E-state index >= 15 is 0 Å². The van der Waals surface area contributed by atoms with Crippen LogP contribution in [0.25, 0.3) is 10.9 Å². The second-order valence-corrected chi connectivity index (χ2v) is 5.88. The molecule has 1 N–H and O–H groups in total. The van der Waals surface area contributed by atoms with E-state index < -0.39 is 0 Å². The molecule has 1 aliphatic heterocycles. The van der Waals surface area contributed by atoms with Gasteiger partial charge in [-0.2, -0.15) is 16.9 Å². The van der Waals surface area contributed by atoms with E-state index in [2.05, 4.69) is 39.6 Å². The van der Waals surface area contributed by atoms with Crippen molar-refractivity contribution >= 4 is 22.7 Å². The number of hydrogen-bond acceptors (Lipinski definition) is 3. The molecule has 2 heterocycles. The van der Waals surface area contributed by atoms with E-state index in [0.29, 0.717) is 0 Å². The van der Waals surface area contributed by atoms with Gasteiger partial charge < -0.3 is 0 Å². The molecule has 18 heavy (non-hydrogen) atoms. The summed E-state index contributed by atoms with van der Waals surface area (Å²) in [6.45, 7) is 2.28. The zero-order valence-corrected chi connectivity index (χ0v) is 11.5. The number of para-hydroxylation sites is 1. The molecule has 0 saturated carbocycles. The molecule has 3 rings (SSSR count). The number of likely N-dealkylation sites (tertiary alicyclic amines) is 1. The van der Waals surface area contributed by atoms with Crippen molar-refractivity contribution in [2.45, 2.75) is 25.4 Å². The lowest BCUT2D eigenvalue weighted by molar-refractivity contribution is 0.265. The molecule has 1 fully saturated rings. The minimum Gasteiger partial charge on any atom is -0.295 e. The second kappa shape index (κ2) is 5.33. The summed E-state index contributed by atoms with van der Waals surface area (Å²) < 4.78 is 0. The maximum atomic E-state index is 4.14. The van der Waals surface area contributed by atoms with Crippen LogP contribution in [0, 0.1) is 0 Å². The Labute approximate surface area is 112 Å². The number of hydrogen-bond donors (Lipinski definition) is 1. The van der Waals surface area contributed by atoms with Crippen LogP contribution in [0.5, 0.6) is 0 Å². The molecule has 4 heteroatoms. The Hall–Kier alpha value is -1.00. The summed E-state index contributed by atoms with van der Waals surface area (Å²) in [5.41, 5.74) is 2.57. The predicted molar refractivity (Wildman–Crippen MR) is 77.9 cm³/mol. The smallest absolute Gasteiger partial charge is 0.0695 e. The van der Waals surface area contributed by atoms with E-state index in [1.807, 2.05) is 18.0 Å². The third-order valence-corrected chi connectivity index (χ3v) is 4.51. The summed E-state index contributed by atoms with van der Waals surface area (Å²) in [6, 6.07) is 7.21. The minimum atomic E-state index is 0.748. The maximum absolute atomic E-state index is 4.14. The van der Waals surface area contributed by atoms with E-state index in [-0.39, 0.29) is 0 Å². The molecule has 1 saturated heterocycles. The third-order valence-electron chi connectivity index (χ3n) is 3.79. The van der Waals surface area contributed by atoms with Gasteiger partial charge in [-0.25, -0.2) is 0 Å². The van der Waals surface area contributed by atoms with E-state index in [1.54, 1.807) is 0 Å². The van der Waals surface area contributed by atoms with Crippen LogP contribution in [0.3, 0.4) is 0 Å². The largest absolute Gasteiger partial charge is 0.295 e. The highest BCUT2D eigenvalue weighted by atomic mass is 32.2. The van der Waals surface area contributed by atoms with Crippen molar-refractivity contribution in [2.24, 2.45) is 0 Å². The van der Waals surface area contributed by atoms with Crippen LogP contribution in [-0.4, -0.2) is 39.7 Å². The Bertz CT molecular complexity index is 522. The summed E-state index contributed by atoms with van der Waals surface area (Å²) in [5.74, 6) is 1.25. The van der Waals surface area contributed by atoms with E-state index in [1.165, 1.54) is 41.6 Å². The van der Waals surface area contributed by atoms with Gasteiger partial charge in [0.1, 0.15) is 0 Å². The average Bonchev–Trinajstić information content (AvgIpc) is 3.00. The molecule has 0 bridgehead atoms. The molecular formula is C14H19N3S. The second-order valence-electron chi connectivity index (χ2n) is 4.97. The number of nitrogens with zero attached hydrogens (tertiary/aromatic N) is 2. The molecule has 1 aromatic heterocycles. The SMILES string of the molecule is CSCC1CCCN1Cc1cccc2cn[nH]c12. The zero-order chi connectivity index (χ0) is 12.4. The first-order chi connectivity index (χ1) is 8.88. The molecule has 0 amide bonds. The number of benzene rings is 1. The Kier molecular flexibility index (Phi) is 3.57. The Balaban J connectivity index is 1.81. The van der Waals surface area contributed by atoms with Crippen molar-refractivity contribution in [1.82, 2.24) is 15.1 Å². The van der Waals surface area contributed by atoms with Crippen LogP contribution < -0.4 is 0 Å². The van der Waals surface area contributed by atoms with Gasteiger partial charge in [0.05, 0.1) is 11.7 Å².